The fourth-order valence-corrected chi connectivity index (χ4v) is 1.12. The molecule has 0 radical (unpaired) electrons. The highest BCUT2D eigenvalue weighted by molar-refractivity contribution is 6.31. The van der Waals surface area contributed by atoms with E-state index in [0.29, 0.717) is 11.6 Å². The SMILES string of the molecule is CNC(C#N)Cn1ncc(Cl)c1C. The van der Waals surface area contributed by atoms with E-state index in [1.165, 1.54) is 0 Å². The van der Waals surface area contributed by atoms with Crippen molar-refractivity contribution in [2.24, 2.45) is 0 Å². The van der Waals surface area contributed by atoms with E-state index >= 15 is 0 Å². The number of nitriles is 1. The molecular formula is C8H11ClN4. The van der Waals surface area contributed by atoms with Gasteiger partial charge in [-0.15, -0.1) is 0 Å². The van der Waals surface area contributed by atoms with E-state index in [9.17, 15) is 0 Å². The third-order valence-corrected chi connectivity index (χ3v) is 2.27. The van der Waals surface area contributed by atoms with E-state index in [1.54, 1.807) is 17.9 Å². The third-order valence-electron chi connectivity index (χ3n) is 1.90. The highest BCUT2D eigenvalue weighted by atomic mass is 35.5. The van der Waals surface area contributed by atoms with Gasteiger partial charge in [-0.2, -0.15) is 10.4 Å². The van der Waals surface area contributed by atoms with Crippen molar-refractivity contribution in [2.45, 2.75) is 19.5 Å². The maximum atomic E-state index is 8.70. The molecule has 5 heteroatoms. The van der Waals surface area contributed by atoms with Gasteiger partial charge in [-0.25, -0.2) is 0 Å². The van der Waals surface area contributed by atoms with Crippen molar-refractivity contribution in [2.75, 3.05) is 7.05 Å². The fourth-order valence-electron chi connectivity index (χ4n) is 0.977. The number of nitrogens with zero attached hydrogens (tertiary/aromatic N) is 3. The van der Waals surface area contributed by atoms with Gasteiger partial charge >= 0.3 is 0 Å². The molecule has 0 fully saturated rings. The molecule has 13 heavy (non-hydrogen) atoms. The zero-order chi connectivity index (χ0) is 9.84. The predicted molar refractivity (Wildman–Crippen MR) is 50.4 cm³/mol. The number of hydrogen-bond donors (Lipinski definition) is 1. The van der Waals surface area contributed by atoms with Crippen molar-refractivity contribution in [3.05, 3.63) is 16.9 Å². The minimum atomic E-state index is -0.227. The molecule has 0 amide bonds. The predicted octanol–water partition coefficient (Wildman–Crippen LogP) is 0.956. The molecule has 0 aliphatic carbocycles. The average Bonchev–Trinajstić information content (AvgIpc) is 2.45. The fraction of sp³-hybridized carbons (Fsp3) is 0.500. The molecule has 0 bridgehead atoms. The molecule has 1 aromatic rings. The van der Waals surface area contributed by atoms with Gasteiger partial charge < -0.3 is 5.32 Å². The van der Waals surface area contributed by atoms with E-state index in [2.05, 4.69) is 16.5 Å². The van der Waals surface area contributed by atoms with Gasteiger partial charge in [-0.1, -0.05) is 11.6 Å². The molecule has 0 aliphatic heterocycles. The highest BCUT2D eigenvalue weighted by Gasteiger charge is 2.09. The summed E-state index contributed by atoms with van der Waals surface area (Å²) in [5, 5.41) is 16.2. The maximum absolute atomic E-state index is 8.70. The molecule has 0 aromatic carbocycles. The van der Waals surface area contributed by atoms with Crippen LogP contribution in [-0.2, 0) is 6.54 Å². The second-order valence-corrected chi connectivity index (χ2v) is 3.14. The van der Waals surface area contributed by atoms with Crippen molar-refractivity contribution in [1.29, 1.82) is 5.26 Å². The molecular weight excluding hydrogens is 188 g/mol. The smallest absolute Gasteiger partial charge is 0.115 e. The van der Waals surface area contributed by atoms with Crippen LogP contribution in [0.4, 0.5) is 0 Å². The molecule has 0 saturated heterocycles. The zero-order valence-electron chi connectivity index (χ0n) is 7.58. The summed E-state index contributed by atoms with van der Waals surface area (Å²) >= 11 is 5.81. The Hall–Kier alpha value is -1.05. The van der Waals surface area contributed by atoms with Crippen LogP contribution in [0.1, 0.15) is 5.69 Å². The Morgan fingerprint density at radius 3 is 2.92 bits per heavy atom. The van der Waals surface area contributed by atoms with Crippen molar-refractivity contribution in [3.8, 4) is 6.07 Å². The van der Waals surface area contributed by atoms with E-state index in [-0.39, 0.29) is 6.04 Å². The second-order valence-electron chi connectivity index (χ2n) is 2.73. The van der Waals surface area contributed by atoms with Crippen LogP contribution in [0.3, 0.4) is 0 Å². The number of likely N-dealkylation sites (N-methyl/N-ethyl adjacent to an activating group) is 1. The van der Waals surface area contributed by atoms with Crippen LogP contribution < -0.4 is 5.32 Å². The normalized spacial score (nSPS) is 12.5. The molecule has 0 spiro atoms. The summed E-state index contributed by atoms with van der Waals surface area (Å²) in [4.78, 5) is 0. The number of aromatic nitrogens is 2. The quantitative estimate of drug-likeness (QED) is 0.787. The number of nitrogens with one attached hydrogen (secondary N) is 1. The van der Waals surface area contributed by atoms with Gasteiger partial charge in [0, 0.05) is 0 Å². The molecule has 1 rings (SSSR count). The molecule has 1 unspecified atom stereocenters. The van der Waals surface area contributed by atoms with Crippen LogP contribution in [0.2, 0.25) is 5.02 Å². The number of halogens is 1. The lowest BCUT2D eigenvalue weighted by Gasteiger charge is -2.08. The lowest BCUT2D eigenvalue weighted by atomic mass is 10.3. The van der Waals surface area contributed by atoms with Gasteiger partial charge in [-0.05, 0) is 14.0 Å². The summed E-state index contributed by atoms with van der Waals surface area (Å²) in [6.07, 6.45) is 1.58. The Balaban J connectivity index is 2.75. The van der Waals surface area contributed by atoms with E-state index in [0.717, 1.165) is 5.69 Å². The molecule has 1 atom stereocenters. The number of rotatable bonds is 3. The van der Waals surface area contributed by atoms with E-state index < -0.39 is 0 Å². The molecule has 70 valence electrons. The Kier molecular flexibility index (Phi) is 3.29. The van der Waals surface area contributed by atoms with Crippen molar-refractivity contribution in [1.82, 2.24) is 15.1 Å². The van der Waals surface area contributed by atoms with Crippen molar-refractivity contribution >= 4 is 11.6 Å². The van der Waals surface area contributed by atoms with Crippen LogP contribution >= 0.6 is 11.6 Å². The van der Waals surface area contributed by atoms with Gasteiger partial charge in [-0.3, -0.25) is 4.68 Å². The topological polar surface area (TPSA) is 53.6 Å². The first kappa shape index (κ1) is 10.0. The Bertz CT molecular complexity index is 325. The first-order valence-corrected chi connectivity index (χ1v) is 4.31. The van der Waals surface area contributed by atoms with Crippen LogP contribution in [0.15, 0.2) is 6.20 Å². The molecule has 1 aromatic heterocycles. The summed E-state index contributed by atoms with van der Waals surface area (Å²) in [7, 11) is 1.74. The summed E-state index contributed by atoms with van der Waals surface area (Å²) in [6, 6.07) is 1.89. The Labute approximate surface area is 82.1 Å². The van der Waals surface area contributed by atoms with Crippen LogP contribution in [-0.4, -0.2) is 22.9 Å². The standard InChI is InChI=1S/C8H11ClN4/c1-6-8(9)4-12-13(6)5-7(3-10)11-2/h4,7,11H,5H2,1-2H3. The molecule has 1 heterocycles. The van der Waals surface area contributed by atoms with Crippen molar-refractivity contribution in [3.63, 3.8) is 0 Å². The summed E-state index contributed by atoms with van der Waals surface area (Å²) in [5.74, 6) is 0. The van der Waals surface area contributed by atoms with E-state index in [4.69, 9.17) is 16.9 Å². The summed E-state index contributed by atoms with van der Waals surface area (Å²) in [5.41, 5.74) is 0.886. The van der Waals surface area contributed by atoms with E-state index in [1.807, 2.05) is 6.92 Å². The van der Waals surface area contributed by atoms with Crippen LogP contribution in [0.25, 0.3) is 0 Å². The van der Waals surface area contributed by atoms with Crippen molar-refractivity contribution < 1.29 is 0 Å². The summed E-state index contributed by atoms with van der Waals surface area (Å²) < 4.78 is 1.72. The molecule has 1 N–H and O–H groups in total. The van der Waals surface area contributed by atoms with Gasteiger partial charge in [0.15, 0.2) is 0 Å². The first-order valence-electron chi connectivity index (χ1n) is 3.93. The van der Waals surface area contributed by atoms with Gasteiger partial charge in [0.2, 0.25) is 0 Å². The minimum Gasteiger partial charge on any atom is -0.303 e. The largest absolute Gasteiger partial charge is 0.303 e. The lowest BCUT2D eigenvalue weighted by Crippen LogP contribution is -2.29. The monoisotopic (exact) mass is 198 g/mol. The Morgan fingerprint density at radius 1 is 1.85 bits per heavy atom. The third kappa shape index (κ3) is 2.20. The second kappa shape index (κ2) is 4.26. The average molecular weight is 199 g/mol. The van der Waals surface area contributed by atoms with Gasteiger partial charge in [0.25, 0.3) is 0 Å². The maximum Gasteiger partial charge on any atom is 0.115 e. The molecule has 0 aliphatic rings. The Morgan fingerprint density at radius 2 is 2.54 bits per heavy atom. The van der Waals surface area contributed by atoms with Crippen LogP contribution in [0, 0.1) is 18.3 Å². The lowest BCUT2D eigenvalue weighted by molar-refractivity contribution is 0.513. The highest BCUT2D eigenvalue weighted by Crippen LogP contribution is 2.13. The number of hydrogen-bond acceptors (Lipinski definition) is 3. The van der Waals surface area contributed by atoms with Gasteiger partial charge in [0.05, 0.1) is 29.5 Å². The van der Waals surface area contributed by atoms with Gasteiger partial charge in [0.1, 0.15) is 6.04 Å². The first-order chi connectivity index (χ1) is 6.19. The molecule has 0 saturated carbocycles. The zero-order valence-corrected chi connectivity index (χ0v) is 8.34. The van der Waals surface area contributed by atoms with Crippen LogP contribution in [0.5, 0.6) is 0 Å². The summed E-state index contributed by atoms with van der Waals surface area (Å²) in [6.45, 7) is 2.39. The molecule has 4 nitrogen and oxygen atoms in total. The minimum absolute atomic E-state index is 0.227.